The van der Waals surface area contributed by atoms with Gasteiger partial charge in [-0.2, -0.15) is 0 Å². The van der Waals surface area contributed by atoms with E-state index in [1.54, 1.807) is 6.07 Å². The van der Waals surface area contributed by atoms with Crippen LogP contribution >= 0.6 is 23.2 Å². The third-order valence-electron chi connectivity index (χ3n) is 4.01. The minimum atomic E-state index is -3.70. The molecule has 4 nitrogen and oxygen atoms in total. The van der Waals surface area contributed by atoms with Gasteiger partial charge in [0, 0.05) is 17.6 Å². The number of hydrogen-bond acceptors (Lipinski definition) is 3. The Morgan fingerprint density at radius 3 is 2.57 bits per heavy atom. The number of halogens is 2. The van der Waals surface area contributed by atoms with Crippen LogP contribution in [0, 0.1) is 5.92 Å². The number of nitrogens with one attached hydrogen (secondary N) is 1. The van der Waals surface area contributed by atoms with Gasteiger partial charge >= 0.3 is 0 Å². The molecule has 1 aliphatic carbocycles. The summed E-state index contributed by atoms with van der Waals surface area (Å²) in [6.45, 7) is 2.21. The Bertz CT molecular complexity index is 620. The zero-order valence-electron chi connectivity index (χ0n) is 11.9. The molecule has 0 saturated heterocycles. The molecule has 1 saturated carbocycles. The summed E-state index contributed by atoms with van der Waals surface area (Å²) in [5.74, 6) is 0.320. The van der Waals surface area contributed by atoms with Gasteiger partial charge in [-0.1, -0.05) is 43.0 Å². The van der Waals surface area contributed by atoms with E-state index in [4.69, 9.17) is 28.9 Å². The highest BCUT2D eigenvalue weighted by Crippen LogP contribution is 2.31. The van der Waals surface area contributed by atoms with Crippen LogP contribution in [0.15, 0.2) is 17.0 Å². The predicted octanol–water partition coefficient (Wildman–Crippen LogP) is 3.31. The van der Waals surface area contributed by atoms with Gasteiger partial charge in [-0.25, -0.2) is 13.1 Å². The van der Waals surface area contributed by atoms with Gasteiger partial charge in [0.2, 0.25) is 10.0 Å². The first-order chi connectivity index (χ1) is 9.85. The van der Waals surface area contributed by atoms with Gasteiger partial charge < -0.3 is 5.73 Å². The summed E-state index contributed by atoms with van der Waals surface area (Å²) >= 11 is 12.1. The van der Waals surface area contributed by atoms with E-state index in [2.05, 4.69) is 11.6 Å². The zero-order chi connectivity index (χ0) is 15.6. The monoisotopic (exact) mass is 350 g/mol. The van der Waals surface area contributed by atoms with Crippen LogP contribution in [0.5, 0.6) is 0 Å². The second-order valence-electron chi connectivity index (χ2n) is 5.57. The fourth-order valence-electron chi connectivity index (χ4n) is 2.72. The predicted molar refractivity (Wildman–Crippen MR) is 86.1 cm³/mol. The van der Waals surface area contributed by atoms with Gasteiger partial charge in [-0.15, -0.1) is 0 Å². The zero-order valence-corrected chi connectivity index (χ0v) is 14.2. The van der Waals surface area contributed by atoms with Gasteiger partial charge in [0.1, 0.15) is 4.90 Å². The van der Waals surface area contributed by atoms with Gasteiger partial charge in [0.25, 0.3) is 0 Å². The van der Waals surface area contributed by atoms with Crippen LogP contribution < -0.4 is 10.5 Å². The first kappa shape index (κ1) is 17.0. The Morgan fingerprint density at radius 2 is 1.95 bits per heavy atom. The molecule has 118 valence electrons. The standard InChI is InChI=1S/C14H20Cl2N2O2S/c1-9-4-2-3-5-12(9)18-21(19,20)13-7-11(15)6-10(8-17)14(13)16/h6-7,9,12,18H,2-5,8,17H2,1H3. The quantitative estimate of drug-likeness (QED) is 0.874. The van der Waals surface area contributed by atoms with Crippen molar-refractivity contribution in [2.24, 2.45) is 11.7 Å². The van der Waals surface area contributed by atoms with Crippen LogP contribution in [-0.2, 0) is 16.6 Å². The van der Waals surface area contributed by atoms with Crippen molar-refractivity contribution in [3.8, 4) is 0 Å². The van der Waals surface area contributed by atoms with E-state index in [0.29, 0.717) is 16.5 Å². The molecule has 2 unspecified atom stereocenters. The van der Waals surface area contributed by atoms with Crippen molar-refractivity contribution in [1.29, 1.82) is 0 Å². The molecule has 0 bridgehead atoms. The Hall–Kier alpha value is -0.330. The molecule has 1 aromatic rings. The summed E-state index contributed by atoms with van der Waals surface area (Å²) < 4.78 is 28.0. The third-order valence-corrected chi connectivity index (χ3v) is 6.30. The van der Waals surface area contributed by atoms with Gasteiger partial charge in [-0.3, -0.25) is 0 Å². The number of hydrogen-bond donors (Lipinski definition) is 2. The highest BCUT2D eigenvalue weighted by molar-refractivity contribution is 7.89. The van der Waals surface area contributed by atoms with E-state index in [0.717, 1.165) is 25.7 Å². The lowest BCUT2D eigenvalue weighted by Gasteiger charge is -2.29. The van der Waals surface area contributed by atoms with Crippen molar-refractivity contribution in [2.45, 2.75) is 50.1 Å². The van der Waals surface area contributed by atoms with E-state index >= 15 is 0 Å². The molecule has 1 fully saturated rings. The summed E-state index contributed by atoms with van der Waals surface area (Å²) in [6.07, 6.45) is 4.07. The molecular weight excluding hydrogens is 331 g/mol. The van der Waals surface area contributed by atoms with Crippen molar-refractivity contribution < 1.29 is 8.42 Å². The Kier molecular flexibility index (Phi) is 5.54. The highest BCUT2D eigenvalue weighted by Gasteiger charge is 2.28. The van der Waals surface area contributed by atoms with Crippen LogP contribution in [0.2, 0.25) is 10.0 Å². The summed E-state index contributed by atoms with van der Waals surface area (Å²) in [6, 6.07) is 2.91. The minimum Gasteiger partial charge on any atom is -0.326 e. The maximum atomic E-state index is 12.6. The molecule has 0 radical (unpaired) electrons. The van der Waals surface area contributed by atoms with Crippen molar-refractivity contribution in [3.63, 3.8) is 0 Å². The van der Waals surface area contributed by atoms with Crippen LogP contribution in [-0.4, -0.2) is 14.5 Å². The van der Waals surface area contributed by atoms with Crippen molar-refractivity contribution in [1.82, 2.24) is 4.72 Å². The summed E-state index contributed by atoms with van der Waals surface area (Å²) in [5.41, 5.74) is 6.11. The van der Waals surface area contributed by atoms with Crippen molar-refractivity contribution >= 4 is 33.2 Å². The lowest BCUT2D eigenvalue weighted by atomic mass is 9.87. The summed E-state index contributed by atoms with van der Waals surface area (Å²) in [5, 5.41) is 0.467. The number of benzene rings is 1. The molecule has 0 aliphatic heterocycles. The smallest absolute Gasteiger partial charge is 0.242 e. The molecule has 1 aliphatic rings. The van der Waals surface area contributed by atoms with Crippen molar-refractivity contribution in [3.05, 3.63) is 27.7 Å². The van der Waals surface area contributed by atoms with Crippen LogP contribution in [0.1, 0.15) is 38.2 Å². The molecule has 2 rings (SSSR count). The lowest BCUT2D eigenvalue weighted by Crippen LogP contribution is -2.41. The molecule has 0 amide bonds. The minimum absolute atomic E-state index is 0.00916. The first-order valence-electron chi connectivity index (χ1n) is 7.05. The van der Waals surface area contributed by atoms with Gasteiger partial charge in [0.05, 0.1) is 5.02 Å². The van der Waals surface area contributed by atoms with Crippen LogP contribution in [0.4, 0.5) is 0 Å². The van der Waals surface area contributed by atoms with Gasteiger partial charge in [-0.05, 0) is 36.5 Å². The fourth-order valence-corrected chi connectivity index (χ4v) is 5.04. The van der Waals surface area contributed by atoms with Crippen LogP contribution in [0.25, 0.3) is 0 Å². The molecule has 21 heavy (non-hydrogen) atoms. The van der Waals surface area contributed by atoms with E-state index in [9.17, 15) is 8.42 Å². The Balaban J connectivity index is 2.33. The Labute approximate surface area is 136 Å². The van der Waals surface area contributed by atoms with E-state index < -0.39 is 10.0 Å². The average Bonchev–Trinajstić information content (AvgIpc) is 2.43. The SMILES string of the molecule is CC1CCCCC1NS(=O)(=O)c1cc(Cl)cc(CN)c1Cl. The van der Waals surface area contributed by atoms with E-state index in [1.165, 1.54) is 6.07 Å². The molecule has 1 aromatic carbocycles. The Morgan fingerprint density at radius 1 is 1.29 bits per heavy atom. The maximum absolute atomic E-state index is 12.6. The number of nitrogens with two attached hydrogens (primary N) is 1. The molecule has 0 aromatic heterocycles. The second-order valence-corrected chi connectivity index (χ2v) is 8.07. The maximum Gasteiger partial charge on any atom is 0.242 e. The van der Waals surface area contributed by atoms with Crippen LogP contribution in [0.3, 0.4) is 0 Å². The topological polar surface area (TPSA) is 72.2 Å². The molecular formula is C14H20Cl2N2O2S. The molecule has 0 heterocycles. The number of rotatable bonds is 4. The molecule has 0 spiro atoms. The molecule has 3 N–H and O–H groups in total. The molecule has 2 atom stereocenters. The van der Waals surface area contributed by atoms with Crippen molar-refractivity contribution in [2.75, 3.05) is 0 Å². The third kappa shape index (κ3) is 3.90. The highest BCUT2D eigenvalue weighted by atomic mass is 35.5. The molecule has 7 heteroatoms. The largest absolute Gasteiger partial charge is 0.326 e. The van der Waals surface area contributed by atoms with Gasteiger partial charge in [0.15, 0.2) is 0 Å². The normalized spacial score (nSPS) is 23.2. The lowest BCUT2D eigenvalue weighted by molar-refractivity contribution is 0.310. The summed E-state index contributed by atoms with van der Waals surface area (Å²) in [4.78, 5) is 0.00916. The number of sulfonamides is 1. The second kappa shape index (κ2) is 6.84. The van der Waals surface area contributed by atoms with E-state index in [1.807, 2.05) is 0 Å². The average molecular weight is 351 g/mol. The van der Waals surface area contributed by atoms with E-state index in [-0.39, 0.29) is 22.5 Å². The first-order valence-corrected chi connectivity index (χ1v) is 9.29. The summed E-state index contributed by atoms with van der Waals surface area (Å²) in [7, 11) is -3.70. The fraction of sp³-hybridized carbons (Fsp3) is 0.571.